The molecule has 0 aromatic heterocycles. The number of benzene rings is 1. The summed E-state index contributed by atoms with van der Waals surface area (Å²) in [7, 11) is 1.65. The van der Waals surface area contributed by atoms with Crippen LogP contribution in [0.3, 0.4) is 0 Å². The third-order valence-electron chi connectivity index (χ3n) is 2.77. The molecular weight excluding hydrogens is 230 g/mol. The molecule has 18 heavy (non-hydrogen) atoms. The Labute approximate surface area is 108 Å². The van der Waals surface area contributed by atoms with Gasteiger partial charge in [0.1, 0.15) is 11.9 Å². The average Bonchev–Trinajstić information content (AvgIpc) is 2.28. The first-order valence-corrected chi connectivity index (χ1v) is 6.05. The summed E-state index contributed by atoms with van der Waals surface area (Å²) in [5.74, 6) is 0.519. The molecule has 0 spiro atoms. The van der Waals surface area contributed by atoms with Crippen molar-refractivity contribution in [3.8, 4) is 5.75 Å². The van der Waals surface area contributed by atoms with Crippen molar-refractivity contribution in [3.05, 3.63) is 28.8 Å². The van der Waals surface area contributed by atoms with Gasteiger partial charge in [0.25, 0.3) is 0 Å². The van der Waals surface area contributed by atoms with Crippen molar-refractivity contribution in [3.63, 3.8) is 0 Å². The van der Waals surface area contributed by atoms with Gasteiger partial charge < -0.3 is 15.2 Å². The molecule has 0 bridgehead atoms. The highest BCUT2D eigenvalue weighted by Gasteiger charge is 2.10. The van der Waals surface area contributed by atoms with Crippen LogP contribution < -0.4 is 10.1 Å². The first-order valence-electron chi connectivity index (χ1n) is 6.05. The fourth-order valence-corrected chi connectivity index (χ4v) is 1.99. The zero-order valence-electron chi connectivity index (χ0n) is 11.4. The standard InChI is InChI=1S/C14H21NO3/c1-9-7-10(2)13(18-4)12(8-9)5-6-15-14(17)11(3)16/h7-8,11,16H,5-6H2,1-4H3,(H,15,17). The van der Waals surface area contributed by atoms with Gasteiger partial charge >= 0.3 is 0 Å². The van der Waals surface area contributed by atoms with E-state index >= 15 is 0 Å². The lowest BCUT2D eigenvalue weighted by Crippen LogP contribution is -2.33. The van der Waals surface area contributed by atoms with Crippen molar-refractivity contribution in [1.82, 2.24) is 5.32 Å². The van der Waals surface area contributed by atoms with Crippen LogP contribution in [-0.2, 0) is 11.2 Å². The van der Waals surface area contributed by atoms with Gasteiger partial charge in [-0.2, -0.15) is 0 Å². The molecule has 0 saturated heterocycles. The number of aryl methyl sites for hydroxylation is 2. The summed E-state index contributed by atoms with van der Waals surface area (Å²) in [6, 6.07) is 4.12. The fourth-order valence-electron chi connectivity index (χ4n) is 1.99. The van der Waals surface area contributed by atoms with Crippen molar-refractivity contribution in [2.75, 3.05) is 13.7 Å². The van der Waals surface area contributed by atoms with Gasteiger partial charge in [-0.05, 0) is 38.3 Å². The number of aliphatic hydroxyl groups excluding tert-OH is 1. The molecule has 1 atom stereocenters. The number of nitrogens with one attached hydrogen (secondary N) is 1. The van der Waals surface area contributed by atoms with Crippen LogP contribution in [0.2, 0.25) is 0 Å². The van der Waals surface area contributed by atoms with E-state index in [1.807, 2.05) is 13.8 Å². The number of amides is 1. The lowest BCUT2D eigenvalue weighted by Gasteiger charge is -2.13. The average molecular weight is 251 g/mol. The quantitative estimate of drug-likeness (QED) is 0.830. The van der Waals surface area contributed by atoms with Gasteiger partial charge in [-0.25, -0.2) is 0 Å². The Morgan fingerprint density at radius 3 is 2.67 bits per heavy atom. The fraction of sp³-hybridized carbons (Fsp3) is 0.500. The SMILES string of the molecule is COc1c(C)cc(C)cc1CCNC(=O)C(C)O. The Kier molecular flexibility index (Phi) is 5.16. The van der Waals surface area contributed by atoms with E-state index in [0.717, 1.165) is 16.9 Å². The highest BCUT2D eigenvalue weighted by atomic mass is 16.5. The zero-order valence-corrected chi connectivity index (χ0v) is 11.4. The lowest BCUT2D eigenvalue weighted by atomic mass is 10.0. The minimum atomic E-state index is -0.967. The third kappa shape index (κ3) is 3.74. The van der Waals surface area contributed by atoms with E-state index in [1.165, 1.54) is 12.5 Å². The third-order valence-corrected chi connectivity index (χ3v) is 2.77. The smallest absolute Gasteiger partial charge is 0.248 e. The summed E-state index contributed by atoms with van der Waals surface area (Å²) in [6.07, 6.45) is -0.282. The van der Waals surface area contributed by atoms with Crippen LogP contribution in [0.1, 0.15) is 23.6 Å². The van der Waals surface area contributed by atoms with Crippen LogP contribution in [0.4, 0.5) is 0 Å². The molecule has 1 rings (SSSR count). The van der Waals surface area contributed by atoms with Gasteiger partial charge in [-0.3, -0.25) is 4.79 Å². The summed E-state index contributed by atoms with van der Waals surface area (Å²) < 4.78 is 5.37. The van der Waals surface area contributed by atoms with Gasteiger partial charge in [0.2, 0.25) is 5.91 Å². The van der Waals surface area contributed by atoms with Crippen LogP contribution in [0, 0.1) is 13.8 Å². The van der Waals surface area contributed by atoms with Crippen molar-refractivity contribution < 1.29 is 14.6 Å². The Hall–Kier alpha value is -1.55. The summed E-state index contributed by atoms with van der Waals surface area (Å²) >= 11 is 0. The van der Waals surface area contributed by atoms with Crippen molar-refractivity contribution in [1.29, 1.82) is 0 Å². The molecule has 1 aromatic carbocycles. The molecule has 1 unspecified atom stereocenters. The maximum absolute atomic E-state index is 11.2. The number of aliphatic hydroxyl groups is 1. The van der Waals surface area contributed by atoms with Gasteiger partial charge in [-0.1, -0.05) is 17.7 Å². The molecule has 0 radical (unpaired) electrons. The van der Waals surface area contributed by atoms with Crippen LogP contribution in [-0.4, -0.2) is 30.8 Å². The molecule has 0 fully saturated rings. The number of rotatable bonds is 5. The van der Waals surface area contributed by atoms with Crippen molar-refractivity contribution >= 4 is 5.91 Å². The molecule has 0 heterocycles. The summed E-state index contributed by atoms with van der Waals surface area (Å²) in [6.45, 7) is 5.98. The number of carbonyl (C=O) groups is 1. The Morgan fingerprint density at radius 1 is 1.44 bits per heavy atom. The largest absolute Gasteiger partial charge is 0.496 e. The minimum Gasteiger partial charge on any atom is -0.496 e. The summed E-state index contributed by atoms with van der Waals surface area (Å²) in [5, 5.41) is 11.7. The second-order valence-corrected chi connectivity index (χ2v) is 4.49. The molecule has 0 aliphatic carbocycles. The maximum Gasteiger partial charge on any atom is 0.248 e. The minimum absolute atomic E-state index is 0.349. The normalized spacial score (nSPS) is 12.1. The number of hydrogen-bond donors (Lipinski definition) is 2. The van der Waals surface area contributed by atoms with E-state index in [9.17, 15) is 4.79 Å². The molecule has 1 aromatic rings. The number of methoxy groups -OCH3 is 1. The van der Waals surface area contributed by atoms with Crippen LogP contribution in [0.5, 0.6) is 5.75 Å². The van der Waals surface area contributed by atoms with Gasteiger partial charge in [0.15, 0.2) is 0 Å². The van der Waals surface area contributed by atoms with E-state index < -0.39 is 6.10 Å². The predicted octanol–water partition coefficient (Wildman–Crippen LogP) is 1.35. The summed E-state index contributed by atoms with van der Waals surface area (Å²) in [5.41, 5.74) is 3.33. The zero-order chi connectivity index (χ0) is 13.7. The second-order valence-electron chi connectivity index (χ2n) is 4.49. The topological polar surface area (TPSA) is 58.6 Å². The molecule has 1 amide bonds. The van der Waals surface area contributed by atoms with E-state index in [2.05, 4.69) is 17.4 Å². The number of carbonyl (C=O) groups excluding carboxylic acids is 1. The molecule has 0 aliphatic rings. The molecule has 4 nitrogen and oxygen atoms in total. The molecule has 100 valence electrons. The van der Waals surface area contributed by atoms with Crippen LogP contribution >= 0.6 is 0 Å². The number of ether oxygens (including phenoxy) is 1. The van der Waals surface area contributed by atoms with Gasteiger partial charge in [0, 0.05) is 6.54 Å². The Morgan fingerprint density at radius 2 is 2.11 bits per heavy atom. The van der Waals surface area contributed by atoms with E-state index in [-0.39, 0.29) is 5.91 Å². The Balaban J connectivity index is 2.70. The van der Waals surface area contributed by atoms with Crippen LogP contribution in [0.25, 0.3) is 0 Å². The second kappa shape index (κ2) is 6.40. The van der Waals surface area contributed by atoms with Gasteiger partial charge in [-0.15, -0.1) is 0 Å². The molecule has 4 heteroatoms. The number of hydrogen-bond acceptors (Lipinski definition) is 3. The summed E-state index contributed by atoms with van der Waals surface area (Å²) in [4.78, 5) is 11.2. The molecule has 2 N–H and O–H groups in total. The monoisotopic (exact) mass is 251 g/mol. The lowest BCUT2D eigenvalue weighted by molar-refractivity contribution is -0.128. The van der Waals surface area contributed by atoms with Crippen molar-refractivity contribution in [2.24, 2.45) is 0 Å². The Bertz CT molecular complexity index is 427. The first-order chi connectivity index (χ1) is 8.45. The van der Waals surface area contributed by atoms with Crippen molar-refractivity contribution in [2.45, 2.75) is 33.3 Å². The highest BCUT2D eigenvalue weighted by molar-refractivity contribution is 5.79. The first kappa shape index (κ1) is 14.5. The maximum atomic E-state index is 11.2. The van der Waals surface area contributed by atoms with Gasteiger partial charge in [0.05, 0.1) is 7.11 Å². The molecule has 0 saturated carbocycles. The molecular formula is C14H21NO3. The van der Waals surface area contributed by atoms with E-state index in [0.29, 0.717) is 13.0 Å². The predicted molar refractivity (Wildman–Crippen MR) is 70.9 cm³/mol. The molecule has 0 aliphatic heterocycles. The highest BCUT2D eigenvalue weighted by Crippen LogP contribution is 2.25. The van der Waals surface area contributed by atoms with E-state index in [4.69, 9.17) is 9.84 Å². The van der Waals surface area contributed by atoms with Crippen LogP contribution in [0.15, 0.2) is 12.1 Å². The van der Waals surface area contributed by atoms with E-state index in [1.54, 1.807) is 7.11 Å².